The highest BCUT2D eigenvalue weighted by molar-refractivity contribution is 5.72. The van der Waals surface area contributed by atoms with Crippen molar-refractivity contribution in [2.75, 3.05) is 26.2 Å². The van der Waals surface area contributed by atoms with Crippen LogP contribution in [0, 0.1) is 0 Å². The Morgan fingerprint density at radius 1 is 1.22 bits per heavy atom. The van der Waals surface area contributed by atoms with E-state index in [9.17, 15) is 14.4 Å². The molecule has 0 aromatic rings. The topological polar surface area (TPSA) is 117 Å². The summed E-state index contributed by atoms with van der Waals surface area (Å²) < 4.78 is 9.99. The number of likely N-dealkylation sites (tertiary alicyclic amines) is 1. The first kappa shape index (κ1) is 19.0. The van der Waals surface area contributed by atoms with Crippen molar-refractivity contribution in [2.45, 2.75) is 45.4 Å². The zero-order chi connectivity index (χ0) is 17.6. The van der Waals surface area contributed by atoms with Crippen LogP contribution in [0.25, 0.3) is 0 Å². The van der Waals surface area contributed by atoms with Crippen molar-refractivity contribution in [1.29, 1.82) is 0 Å². The van der Waals surface area contributed by atoms with E-state index in [0.29, 0.717) is 0 Å². The minimum atomic E-state index is -1.08. The average Bonchev–Trinajstić information content (AvgIpc) is 2.77. The van der Waals surface area contributed by atoms with Crippen molar-refractivity contribution >= 4 is 18.2 Å². The molecular weight excluding hydrogens is 306 g/mol. The number of hydrogen-bond acceptors (Lipinski definition) is 6. The Morgan fingerprint density at radius 3 is 2.35 bits per heavy atom. The van der Waals surface area contributed by atoms with Gasteiger partial charge in [0.25, 0.3) is 0 Å². The molecule has 0 aromatic carbocycles. The van der Waals surface area contributed by atoms with Gasteiger partial charge in [0.15, 0.2) is 0 Å². The Bertz CT molecular complexity index is 448. The van der Waals surface area contributed by atoms with Crippen LogP contribution in [-0.4, -0.2) is 72.1 Å². The number of alkyl carbamates (subject to hydrolysis) is 1. The van der Waals surface area contributed by atoms with E-state index in [0.717, 1.165) is 0 Å². The molecule has 0 bridgehead atoms. The van der Waals surface area contributed by atoms with Gasteiger partial charge in [-0.05, 0) is 27.7 Å². The summed E-state index contributed by atoms with van der Waals surface area (Å²) in [6.07, 6.45) is -1.71. The second-order valence-corrected chi connectivity index (χ2v) is 6.23. The number of hydrogen-bond donors (Lipinski definition) is 3. The van der Waals surface area contributed by atoms with Gasteiger partial charge in [-0.1, -0.05) is 0 Å². The fraction of sp³-hybridized carbons (Fsp3) is 0.786. The van der Waals surface area contributed by atoms with Crippen LogP contribution in [0.5, 0.6) is 0 Å². The third-order valence-electron chi connectivity index (χ3n) is 3.11. The van der Waals surface area contributed by atoms with Crippen LogP contribution in [0.4, 0.5) is 9.59 Å². The fourth-order valence-corrected chi connectivity index (χ4v) is 2.20. The SMILES string of the molecule is CCOC(=O)CN[C@H]1CN(C(=O)O)C[C@@H]1NC(=O)OC(C)(C)C. The van der Waals surface area contributed by atoms with Crippen LogP contribution in [0.2, 0.25) is 0 Å². The zero-order valence-corrected chi connectivity index (χ0v) is 13.9. The van der Waals surface area contributed by atoms with Gasteiger partial charge in [-0.2, -0.15) is 0 Å². The Kier molecular flexibility index (Phi) is 6.62. The summed E-state index contributed by atoms with van der Waals surface area (Å²) >= 11 is 0. The summed E-state index contributed by atoms with van der Waals surface area (Å²) in [6.45, 7) is 7.41. The van der Waals surface area contributed by atoms with Gasteiger partial charge in [0.1, 0.15) is 5.60 Å². The van der Waals surface area contributed by atoms with Crippen LogP contribution >= 0.6 is 0 Å². The molecule has 1 fully saturated rings. The van der Waals surface area contributed by atoms with Gasteiger partial charge in [-0.15, -0.1) is 0 Å². The van der Waals surface area contributed by atoms with E-state index < -0.39 is 35.8 Å². The number of nitrogens with one attached hydrogen (secondary N) is 2. The van der Waals surface area contributed by atoms with Crippen LogP contribution < -0.4 is 10.6 Å². The average molecular weight is 331 g/mol. The summed E-state index contributed by atoms with van der Waals surface area (Å²) in [7, 11) is 0. The molecule has 0 radical (unpaired) electrons. The normalized spacial score (nSPS) is 21.0. The Hall–Kier alpha value is -2.03. The highest BCUT2D eigenvalue weighted by Crippen LogP contribution is 2.13. The molecule has 0 spiro atoms. The highest BCUT2D eigenvalue weighted by atomic mass is 16.6. The minimum absolute atomic E-state index is 0.0571. The van der Waals surface area contributed by atoms with Gasteiger partial charge >= 0.3 is 18.2 Å². The molecule has 1 rings (SSSR count). The molecule has 1 aliphatic heterocycles. The van der Waals surface area contributed by atoms with Crippen molar-refractivity contribution in [3.63, 3.8) is 0 Å². The van der Waals surface area contributed by atoms with Gasteiger partial charge in [-0.25, -0.2) is 9.59 Å². The summed E-state index contributed by atoms with van der Waals surface area (Å²) in [5.74, 6) is -0.433. The molecule has 0 aromatic heterocycles. The molecule has 3 N–H and O–H groups in total. The quantitative estimate of drug-likeness (QED) is 0.624. The first-order valence-corrected chi connectivity index (χ1v) is 7.48. The zero-order valence-electron chi connectivity index (χ0n) is 13.9. The third kappa shape index (κ3) is 6.72. The van der Waals surface area contributed by atoms with Gasteiger partial charge in [-0.3, -0.25) is 4.79 Å². The molecule has 0 aliphatic carbocycles. The number of carboxylic acid groups (broad SMARTS) is 1. The van der Waals surface area contributed by atoms with Gasteiger partial charge in [0.2, 0.25) is 0 Å². The number of rotatable bonds is 5. The number of nitrogens with zero attached hydrogens (tertiary/aromatic N) is 1. The van der Waals surface area contributed by atoms with Crippen molar-refractivity contribution in [2.24, 2.45) is 0 Å². The summed E-state index contributed by atoms with van der Waals surface area (Å²) in [5.41, 5.74) is -0.650. The van der Waals surface area contributed by atoms with Crippen molar-refractivity contribution in [3.8, 4) is 0 Å². The molecule has 0 unspecified atom stereocenters. The molecule has 2 atom stereocenters. The predicted molar refractivity (Wildman–Crippen MR) is 81.2 cm³/mol. The maximum Gasteiger partial charge on any atom is 0.407 e. The Labute approximate surface area is 135 Å². The molecule has 23 heavy (non-hydrogen) atoms. The largest absolute Gasteiger partial charge is 0.465 e. The van der Waals surface area contributed by atoms with Crippen LogP contribution in [0.15, 0.2) is 0 Å². The molecule has 1 saturated heterocycles. The highest BCUT2D eigenvalue weighted by Gasteiger charge is 2.37. The molecule has 9 heteroatoms. The lowest BCUT2D eigenvalue weighted by atomic mass is 10.1. The monoisotopic (exact) mass is 331 g/mol. The van der Waals surface area contributed by atoms with Crippen molar-refractivity contribution < 1.29 is 29.0 Å². The summed E-state index contributed by atoms with van der Waals surface area (Å²) in [6, 6.07) is -0.890. The lowest BCUT2D eigenvalue weighted by molar-refractivity contribution is -0.142. The van der Waals surface area contributed by atoms with Crippen LogP contribution in [0.3, 0.4) is 0 Å². The van der Waals surface area contributed by atoms with Gasteiger partial charge in [0.05, 0.1) is 19.2 Å². The lowest BCUT2D eigenvalue weighted by Gasteiger charge is -2.24. The minimum Gasteiger partial charge on any atom is -0.465 e. The molecule has 2 amide bonds. The molecule has 0 saturated carbocycles. The van der Waals surface area contributed by atoms with E-state index in [1.165, 1.54) is 4.90 Å². The van der Waals surface area contributed by atoms with E-state index in [-0.39, 0.29) is 26.2 Å². The fourth-order valence-electron chi connectivity index (χ4n) is 2.20. The van der Waals surface area contributed by atoms with E-state index in [1.54, 1.807) is 27.7 Å². The second kappa shape index (κ2) is 8.00. The maximum absolute atomic E-state index is 11.9. The van der Waals surface area contributed by atoms with Crippen LogP contribution in [0.1, 0.15) is 27.7 Å². The number of ether oxygens (including phenoxy) is 2. The predicted octanol–water partition coefficient (Wildman–Crippen LogP) is 0.395. The van der Waals surface area contributed by atoms with E-state index in [4.69, 9.17) is 14.6 Å². The third-order valence-corrected chi connectivity index (χ3v) is 3.11. The summed E-state index contributed by atoms with van der Waals surface area (Å²) in [5, 5.41) is 14.7. The summed E-state index contributed by atoms with van der Waals surface area (Å²) in [4.78, 5) is 35.5. The Morgan fingerprint density at radius 2 is 1.83 bits per heavy atom. The standard InChI is InChI=1S/C14H25N3O6/c1-5-22-11(18)6-15-9-7-17(13(20)21)8-10(9)16-12(19)23-14(2,3)4/h9-10,15H,5-8H2,1-4H3,(H,16,19)(H,20,21)/t9-,10-/m0/s1. The van der Waals surface area contributed by atoms with E-state index >= 15 is 0 Å². The van der Waals surface area contributed by atoms with Gasteiger partial charge in [0, 0.05) is 19.1 Å². The smallest absolute Gasteiger partial charge is 0.407 e. The van der Waals surface area contributed by atoms with Crippen molar-refractivity contribution in [3.05, 3.63) is 0 Å². The first-order chi connectivity index (χ1) is 10.6. The second-order valence-electron chi connectivity index (χ2n) is 6.23. The molecule has 1 heterocycles. The number of carbonyl (C=O) groups excluding carboxylic acids is 2. The van der Waals surface area contributed by atoms with Crippen LogP contribution in [-0.2, 0) is 14.3 Å². The first-order valence-electron chi connectivity index (χ1n) is 7.48. The molecule has 9 nitrogen and oxygen atoms in total. The maximum atomic E-state index is 11.9. The molecular formula is C14H25N3O6. The molecule has 132 valence electrons. The van der Waals surface area contributed by atoms with E-state index in [1.807, 2.05) is 0 Å². The number of amides is 2. The number of esters is 1. The Balaban J connectivity index is 2.62. The molecule has 1 aliphatic rings. The van der Waals surface area contributed by atoms with Crippen molar-refractivity contribution in [1.82, 2.24) is 15.5 Å². The number of carbonyl (C=O) groups is 3. The van der Waals surface area contributed by atoms with Gasteiger partial charge < -0.3 is 30.1 Å². The van der Waals surface area contributed by atoms with E-state index in [2.05, 4.69) is 10.6 Å². The lowest BCUT2D eigenvalue weighted by Crippen LogP contribution is -2.51.